The second kappa shape index (κ2) is 6.82. The molecule has 5 heteroatoms. The minimum atomic E-state index is -3.23. The van der Waals surface area contributed by atoms with Crippen molar-refractivity contribution < 1.29 is 8.42 Å². The van der Waals surface area contributed by atoms with Gasteiger partial charge in [0.1, 0.15) is 5.21 Å². The van der Waals surface area contributed by atoms with Gasteiger partial charge in [0, 0.05) is 12.6 Å². The molecule has 0 spiro atoms. The lowest BCUT2D eigenvalue weighted by molar-refractivity contribution is 0.251. The fraction of sp³-hybridized carbons (Fsp3) is 1.00. The Morgan fingerprint density at radius 3 is 2.38 bits per heavy atom. The van der Waals surface area contributed by atoms with Crippen molar-refractivity contribution >= 4 is 21.6 Å². The summed E-state index contributed by atoms with van der Waals surface area (Å²) in [4.78, 5) is 0. The fourth-order valence-electron chi connectivity index (χ4n) is 2.29. The first-order chi connectivity index (χ1) is 7.61. The minimum absolute atomic E-state index is 0.198. The molecule has 16 heavy (non-hydrogen) atoms. The Morgan fingerprint density at radius 2 is 1.88 bits per heavy atom. The third kappa shape index (κ3) is 3.90. The van der Waals surface area contributed by atoms with E-state index >= 15 is 0 Å². The number of hydrogen-bond acceptors (Lipinski definition) is 2. The van der Waals surface area contributed by atoms with Crippen molar-refractivity contribution in [2.45, 2.75) is 57.9 Å². The summed E-state index contributed by atoms with van der Waals surface area (Å²) in [6, 6.07) is 0.198. The molecule has 0 saturated heterocycles. The molecule has 0 radical (unpaired) electrons. The molecule has 0 bridgehead atoms. The molecular formula is C11H22ClNO2S. The largest absolute Gasteiger partial charge is 0.228 e. The van der Waals surface area contributed by atoms with Crippen LogP contribution in [0.4, 0.5) is 0 Å². The number of rotatable bonds is 6. The Morgan fingerprint density at radius 1 is 1.25 bits per heavy atom. The molecule has 0 aromatic heterocycles. The molecule has 1 aliphatic rings. The van der Waals surface area contributed by atoms with Crippen LogP contribution in [-0.4, -0.2) is 30.5 Å². The lowest BCUT2D eigenvalue weighted by Gasteiger charge is -2.32. The molecule has 0 aromatic carbocycles. The van der Waals surface area contributed by atoms with Crippen LogP contribution < -0.4 is 0 Å². The summed E-state index contributed by atoms with van der Waals surface area (Å²) in [7, 11) is -3.23. The molecule has 0 heterocycles. The Labute approximate surface area is 104 Å². The Hall–Kier alpha value is 0.200. The summed E-state index contributed by atoms with van der Waals surface area (Å²) in [6.45, 7) is 2.71. The zero-order chi connectivity index (χ0) is 12.0. The highest BCUT2D eigenvalue weighted by Crippen LogP contribution is 2.25. The van der Waals surface area contributed by atoms with Crippen LogP contribution in [-0.2, 0) is 10.0 Å². The third-order valence-corrected chi connectivity index (χ3v) is 5.51. The average Bonchev–Trinajstić information content (AvgIpc) is 2.31. The van der Waals surface area contributed by atoms with Crippen molar-refractivity contribution in [1.82, 2.24) is 4.31 Å². The Kier molecular flexibility index (Phi) is 6.08. The van der Waals surface area contributed by atoms with Crippen LogP contribution in [0.1, 0.15) is 51.9 Å². The molecule has 1 aliphatic carbocycles. The van der Waals surface area contributed by atoms with E-state index in [4.69, 9.17) is 11.6 Å². The predicted molar refractivity (Wildman–Crippen MR) is 68.1 cm³/mol. The SMILES string of the molecule is CCCCN(C1CCCCC1)S(=O)(=O)CCl. The molecule has 96 valence electrons. The van der Waals surface area contributed by atoms with Gasteiger partial charge in [-0.1, -0.05) is 32.6 Å². The van der Waals surface area contributed by atoms with E-state index in [1.165, 1.54) is 6.42 Å². The van der Waals surface area contributed by atoms with Crippen molar-refractivity contribution in [3.8, 4) is 0 Å². The minimum Gasteiger partial charge on any atom is -0.211 e. The topological polar surface area (TPSA) is 37.4 Å². The standard InChI is InChI=1S/C11H22ClNO2S/c1-2-3-9-13(16(14,15)10-12)11-7-5-4-6-8-11/h11H,2-10H2,1H3. The van der Waals surface area contributed by atoms with Crippen LogP contribution in [0.5, 0.6) is 0 Å². The summed E-state index contributed by atoms with van der Waals surface area (Å²) < 4.78 is 25.5. The lowest BCUT2D eigenvalue weighted by atomic mass is 9.95. The fourth-order valence-corrected chi connectivity index (χ4v) is 3.87. The van der Waals surface area contributed by atoms with Gasteiger partial charge in [-0.2, -0.15) is 4.31 Å². The van der Waals surface area contributed by atoms with E-state index in [1.54, 1.807) is 4.31 Å². The zero-order valence-corrected chi connectivity index (χ0v) is 11.6. The smallest absolute Gasteiger partial charge is 0.211 e. The normalized spacial score (nSPS) is 19.2. The quantitative estimate of drug-likeness (QED) is 0.694. The molecule has 0 unspecified atom stereocenters. The van der Waals surface area contributed by atoms with Gasteiger partial charge in [-0.25, -0.2) is 8.42 Å². The third-order valence-electron chi connectivity index (χ3n) is 3.21. The number of sulfonamides is 1. The molecule has 1 fully saturated rings. The Balaban J connectivity index is 2.69. The van der Waals surface area contributed by atoms with Crippen molar-refractivity contribution in [3.05, 3.63) is 0 Å². The highest BCUT2D eigenvalue weighted by atomic mass is 35.5. The molecule has 1 rings (SSSR count). The average molecular weight is 268 g/mol. The van der Waals surface area contributed by atoms with Crippen LogP contribution in [0.25, 0.3) is 0 Å². The Bertz CT molecular complexity index is 286. The van der Waals surface area contributed by atoms with E-state index in [9.17, 15) is 8.42 Å². The van der Waals surface area contributed by atoms with Gasteiger partial charge >= 0.3 is 0 Å². The van der Waals surface area contributed by atoms with Gasteiger partial charge in [-0.3, -0.25) is 0 Å². The molecule has 0 aliphatic heterocycles. The van der Waals surface area contributed by atoms with Gasteiger partial charge in [0.15, 0.2) is 0 Å². The van der Waals surface area contributed by atoms with Crippen LogP contribution in [0.2, 0.25) is 0 Å². The number of alkyl halides is 1. The molecule has 0 amide bonds. The summed E-state index contributed by atoms with van der Waals surface area (Å²) >= 11 is 5.56. The van der Waals surface area contributed by atoms with Gasteiger partial charge in [0.25, 0.3) is 0 Å². The van der Waals surface area contributed by atoms with Crippen molar-refractivity contribution in [2.24, 2.45) is 0 Å². The molecule has 0 N–H and O–H groups in total. The first-order valence-electron chi connectivity index (χ1n) is 6.17. The maximum Gasteiger partial charge on any atom is 0.228 e. The second-order valence-corrected chi connectivity index (χ2v) is 6.98. The van der Waals surface area contributed by atoms with Crippen molar-refractivity contribution in [3.63, 3.8) is 0 Å². The first kappa shape index (κ1) is 14.3. The van der Waals surface area contributed by atoms with Gasteiger partial charge in [-0.15, -0.1) is 11.6 Å². The van der Waals surface area contributed by atoms with Crippen molar-refractivity contribution in [2.75, 3.05) is 11.8 Å². The first-order valence-corrected chi connectivity index (χ1v) is 8.31. The van der Waals surface area contributed by atoms with Gasteiger partial charge in [0.05, 0.1) is 0 Å². The van der Waals surface area contributed by atoms with Crippen LogP contribution >= 0.6 is 11.6 Å². The highest BCUT2D eigenvalue weighted by Gasteiger charge is 2.29. The summed E-state index contributed by atoms with van der Waals surface area (Å²) in [5.41, 5.74) is 0. The van der Waals surface area contributed by atoms with Crippen LogP contribution in [0.15, 0.2) is 0 Å². The number of nitrogens with zero attached hydrogens (tertiary/aromatic N) is 1. The number of halogens is 1. The molecular weight excluding hydrogens is 246 g/mol. The van der Waals surface area contributed by atoms with Crippen molar-refractivity contribution in [1.29, 1.82) is 0 Å². The van der Waals surface area contributed by atoms with Gasteiger partial charge < -0.3 is 0 Å². The second-order valence-electron chi connectivity index (χ2n) is 4.48. The van der Waals surface area contributed by atoms with E-state index in [0.29, 0.717) is 6.54 Å². The highest BCUT2D eigenvalue weighted by molar-refractivity contribution is 7.90. The van der Waals surface area contributed by atoms with E-state index in [0.717, 1.165) is 38.5 Å². The monoisotopic (exact) mass is 267 g/mol. The number of hydrogen-bond donors (Lipinski definition) is 0. The molecule has 0 aromatic rings. The lowest BCUT2D eigenvalue weighted by Crippen LogP contribution is -2.42. The maximum absolute atomic E-state index is 11.9. The maximum atomic E-state index is 11.9. The van der Waals surface area contributed by atoms with Crippen LogP contribution in [0.3, 0.4) is 0 Å². The summed E-state index contributed by atoms with van der Waals surface area (Å²) in [6.07, 6.45) is 7.46. The van der Waals surface area contributed by atoms with E-state index < -0.39 is 10.0 Å². The zero-order valence-electron chi connectivity index (χ0n) is 9.99. The van der Waals surface area contributed by atoms with E-state index in [-0.39, 0.29) is 11.3 Å². The van der Waals surface area contributed by atoms with E-state index in [1.807, 2.05) is 0 Å². The van der Waals surface area contributed by atoms with Gasteiger partial charge in [0.2, 0.25) is 10.0 Å². The van der Waals surface area contributed by atoms with Crippen LogP contribution in [0, 0.1) is 0 Å². The molecule has 0 atom stereocenters. The summed E-state index contributed by atoms with van der Waals surface area (Å²) in [5, 5.41) is -0.285. The van der Waals surface area contributed by atoms with E-state index in [2.05, 4.69) is 6.92 Å². The number of unbranched alkanes of at least 4 members (excludes halogenated alkanes) is 1. The predicted octanol–water partition coefficient (Wildman–Crippen LogP) is 2.95. The van der Waals surface area contributed by atoms with Gasteiger partial charge in [-0.05, 0) is 19.3 Å². The summed E-state index contributed by atoms with van der Waals surface area (Å²) in [5.74, 6) is 0. The molecule has 1 saturated carbocycles. The molecule has 3 nitrogen and oxygen atoms in total.